The molecule has 100 valence electrons. The van der Waals surface area contributed by atoms with E-state index in [0.29, 0.717) is 6.54 Å². The van der Waals surface area contributed by atoms with Crippen molar-refractivity contribution in [1.29, 1.82) is 0 Å². The third-order valence-electron chi connectivity index (χ3n) is 2.91. The van der Waals surface area contributed by atoms with E-state index in [-0.39, 0.29) is 5.82 Å². The van der Waals surface area contributed by atoms with E-state index in [0.717, 1.165) is 17.9 Å². The molecule has 0 aliphatic heterocycles. The Bertz CT molecular complexity index is 525. The van der Waals surface area contributed by atoms with E-state index in [9.17, 15) is 4.39 Å². The van der Waals surface area contributed by atoms with Crippen LogP contribution in [0.25, 0.3) is 0 Å². The molecule has 1 aromatic heterocycles. The summed E-state index contributed by atoms with van der Waals surface area (Å²) in [4.78, 5) is 6.41. The second-order valence-corrected chi connectivity index (χ2v) is 4.54. The fourth-order valence-electron chi connectivity index (χ4n) is 1.93. The Morgan fingerprint density at radius 1 is 1.16 bits per heavy atom. The molecular weight excluding hydrogens is 241 g/mol. The Kier molecular flexibility index (Phi) is 4.47. The SMILES string of the molecule is CNCc1ccnc(N(C)Cc2ccc(F)cc2)c1. The molecule has 0 fully saturated rings. The van der Waals surface area contributed by atoms with E-state index in [1.54, 1.807) is 12.1 Å². The van der Waals surface area contributed by atoms with Gasteiger partial charge in [-0.05, 0) is 42.4 Å². The zero-order valence-electron chi connectivity index (χ0n) is 11.2. The largest absolute Gasteiger partial charge is 0.355 e. The first kappa shape index (κ1) is 13.5. The van der Waals surface area contributed by atoms with Crippen LogP contribution in [0.3, 0.4) is 0 Å². The lowest BCUT2D eigenvalue weighted by molar-refractivity contribution is 0.627. The molecule has 0 saturated heterocycles. The standard InChI is InChI=1S/C15H18FN3/c1-17-10-13-7-8-18-15(9-13)19(2)11-12-3-5-14(16)6-4-12/h3-9,17H,10-11H2,1-2H3. The van der Waals surface area contributed by atoms with Gasteiger partial charge in [-0.25, -0.2) is 9.37 Å². The van der Waals surface area contributed by atoms with Crippen molar-refractivity contribution < 1.29 is 4.39 Å². The van der Waals surface area contributed by atoms with E-state index in [1.165, 1.54) is 17.7 Å². The Labute approximate surface area is 113 Å². The van der Waals surface area contributed by atoms with E-state index in [1.807, 2.05) is 31.3 Å². The number of nitrogens with zero attached hydrogens (tertiary/aromatic N) is 2. The van der Waals surface area contributed by atoms with Gasteiger partial charge >= 0.3 is 0 Å². The van der Waals surface area contributed by atoms with Gasteiger partial charge in [0.1, 0.15) is 11.6 Å². The first-order chi connectivity index (χ1) is 9.19. The molecule has 0 aliphatic carbocycles. The second kappa shape index (κ2) is 6.29. The summed E-state index contributed by atoms with van der Waals surface area (Å²) in [6.45, 7) is 1.52. The third kappa shape index (κ3) is 3.76. The van der Waals surface area contributed by atoms with Crippen molar-refractivity contribution in [3.05, 3.63) is 59.5 Å². The van der Waals surface area contributed by atoms with Crippen molar-refractivity contribution in [3.63, 3.8) is 0 Å². The maximum absolute atomic E-state index is 12.9. The van der Waals surface area contributed by atoms with Crippen LogP contribution in [0.4, 0.5) is 10.2 Å². The summed E-state index contributed by atoms with van der Waals surface area (Å²) >= 11 is 0. The molecule has 0 radical (unpaired) electrons. The van der Waals surface area contributed by atoms with Gasteiger partial charge in [0.25, 0.3) is 0 Å². The molecule has 0 atom stereocenters. The summed E-state index contributed by atoms with van der Waals surface area (Å²) in [5.74, 6) is 0.706. The van der Waals surface area contributed by atoms with Crippen LogP contribution < -0.4 is 10.2 Å². The summed E-state index contributed by atoms with van der Waals surface area (Å²) in [5, 5.41) is 3.12. The molecule has 2 aromatic rings. The van der Waals surface area contributed by atoms with Gasteiger partial charge in [0.2, 0.25) is 0 Å². The highest BCUT2D eigenvalue weighted by molar-refractivity contribution is 5.41. The van der Waals surface area contributed by atoms with Crippen molar-refractivity contribution in [2.75, 3.05) is 19.0 Å². The number of aromatic nitrogens is 1. The number of anilines is 1. The maximum Gasteiger partial charge on any atom is 0.128 e. The van der Waals surface area contributed by atoms with Gasteiger partial charge < -0.3 is 10.2 Å². The van der Waals surface area contributed by atoms with Gasteiger partial charge in [-0.2, -0.15) is 0 Å². The fourth-order valence-corrected chi connectivity index (χ4v) is 1.93. The molecule has 1 heterocycles. The molecule has 1 N–H and O–H groups in total. The van der Waals surface area contributed by atoms with Crippen LogP contribution >= 0.6 is 0 Å². The van der Waals surface area contributed by atoms with Gasteiger partial charge in [-0.1, -0.05) is 12.1 Å². The van der Waals surface area contributed by atoms with Gasteiger partial charge in [-0.15, -0.1) is 0 Å². The average Bonchev–Trinajstić information content (AvgIpc) is 2.42. The van der Waals surface area contributed by atoms with E-state index in [4.69, 9.17) is 0 Å². The molecule has 0 unspecified atom stereocenters. The molecule has 0 bridgehead atoms. The lowest BCUT2D eigenvalue weighted by Crippen LogP contribution is -2.18. The molecular formula is C15H18FN3. The lowest BCUT2D eigenvalue weighted by Gasteiger charge is -2.19. The molecule has 0 saturated carbocycles. The van der Waals surface area contributed by atoms with Gasteiger partial charge in [0, 0.05) is 26.3 Å². The molecule has 19 heavy (non-hydrogen) atoms. The van der Waals surface area contributed by atoms with Crippen molar-refractivity contribution in [1.82, 2.24) is 10.3 Å². The quantitative estimate of drug-likeness (QED) is 0.894. The van der Waals surface area contributed by atoms with Crippen LogP contribution in [0.2, 0.25) is 0 Å². The van der Waals surface area contributed by atoms with Crippen molar-refractivity contribution >= 4 is 5.82 Å². The average molecular weight is 259 g/mol. The summed E-state index contributed by atoms with van der Waals surface area (Å²) in [5.41, 5.74) is 2.25. The van der Waals surface area contributed by atoms with Gasteiger partial charge in [0.05, 0.1) is 0 Å². The minimum absolute atomic E-state index is 0.208. The van der Waals surface area contributed by atoms with Crippen LogP contribution in [0.5, 0.6) is 0 Å². The summed E-state index contributed by atoms with van der Waals surface area (Å²) in [7, 11) is 3.90. The van der Waals surface area contributed by atoms with E-state index >= 15 is 0 Å². The zero-order valence-corrected chi connectivity index (χ0v) is 11.2. The first-order valence-electron chi connectivity index (χ1n) is 6.24. The molecule has 2 rings (SSSR count). The van der Waals surface area contributed by atoms with Crippen molar-refractivity contribution in [2.45, 2.75) is 13.1 Å². The van der Waals surface area contributed by atoms with Crippen LogP contribution in [-0.2, 0) is 13.1 Å². The normalized spacial score (nSPS) is 10.5. The molecule has 0 spiro atoms. The number of pyridine rings is 1. The Balaban J connectivity index is 2.08. The van der Waals surface area contributed by atoms with Crippen LogP contribution in [0, 0.1) is 5.82 Å². The van der Waals surface area contributed by atoms with Crippen LogP contribution in [-0.4, -0.2) is 19.1 Å². The highest BCUT2D eigenvalue weighted by Gasteiger charge is 2.04. The highest BCUT2D eigenvalue weighted by atomic mass is 19.1. The minimum atomic E-state index is -0.208. The van der Waals surface area contributed by atoms with E-state index < -0.39 is 0 Å². The highest BCUT2D eigenvalue weighted by Crippen LogP contribution is 2.14. The Morgan fingerprint density at radius 3 is 2.58 bits per heavy atom. The number of halogens is 1. The van der Waals surface area contributed by atoms with Crippen LogP contribution in [0.15, 0.2) is 42.6 Å². The monoisotopic (exact) mass is 259 g/mol. The number of benzene rings is 1. The number of hydrogen-bond acceptors (Lipinski definition) is 3. The summed E-state index contributed by atoms with van der Waals surface area (Å²) in [6, 6.07) is 10.6. The molecule has 3 nitrogen and oxygen atoms in total. The number of rotatable bonds is 5. The minimum Gasteiger partial charge on any atom is -0.355 e. The zero-order chi connectivity index (χ0) is 13.7. The van der Waals surface area contributed by atoms with Crippen molar-refractivity contribution in [2.24, 2.45) is 0 Å². The fraction of sp³-hybridized carbons (Fsp3) is 0.267. The summed E-state index contributed by atoms with van der Waals surface area (Å²) < 4.78 is 12.9. The first-order valence-corrected chi connectivity index (χ1v) is 6.24. The Hall–Kier alpha value is -1.94. The second-order valence-electron chi connectivity index (χ2n) is 4.54. The lowest BCUT2D eigenvalue weighted by atomic mass is 10.2. The third-order valence-corrected chi connectivity index (χ3v) is 2.91. The molecule has 4 heteroatoms. The molecule has 0 aliphatic rings. The number of nitrogens with one attached hydrogen (secondary N) is 1. The number of hydrogen-bond donors (Lipinski definition) is 1. The van der Waals surface area contributed by atoms with Crippen LogP contribution in [0.1, 0.15) is 11.1 Å². The summed E-state index contributed by atoms with van der Waals surface area (Å²) in [6.07, 6.45) is 1.81. The van der Waals surface area contributed by atoms with E-state index in [2.05, 4.69) is 16.4 Å². The Morgan fingerprint density at radius 2 is 1.89 bits per heavy atom. The predicted octanol–water partition coefficient (Wildman–Crippen LogP) is 2.58. The smallest absolute Gasteiger partial charge is 0.128 e. The maximum atomic E-state index is 12.9. The predicted molar refractivity (Wildman–Crippen MR) is 75.5 cm³/mol. The molecule has 0 amide bonds. The van der Waals surface area contributed by atoms with Gasteiger partial charge in [0.15, 0.2) is 0 Å². The molecule has 1 aromatic carbocycles. The van der Waals surface area contributed by atoms with Crippen molar-refractivity contribution in [3.8, 4) is 0 Å². The van der Waals surface area contributed by atoms with Gasteiger partial charge in [-0.3, -0.25) is 0 Å². The topological polar surface area (TPSA) is 28.2 Å².